The Balaban J connectivity index is 3.35. The van der Waals surface area contributed by atoms with Crippen LogP contribution < -0.4 is 0 Å². The van der Waals surface area contributed by atoms with Crippen molar-refractivity contribution in [3.8, 4) is 0 Å². The van der Waals surface area contributed by atoms with Gasteiger partial charge in [-0.05, 0) is 0 Å². The molecular formula is C22H40O8S11. The summed E-state index contributed by atoms with van der Waals surface area (Å²) in [6, 6.07) is 0. The first-order valence-corrected chi connectivity index (χ1v) is 25.1. The lowest BCUT2D eigenvalue weighted by atomic mass is 10.5. The van der Waals surface area contributed by atoms with E-state index in [0.29, 0.717) is 40.9 Å². The second-order valence-corrected chi connectivity index (χ2v) is 21.7. The molecule has 41 heavy (non-hydrogen) atoms. The number of carbonyl (C=O) groups is 3. The molecule has 1 atom stereocenters. The van der Waals surface area contributed by atoms with E-state index >= 15 is 0 Å². The Bertz CT molecular complexity index is 679. The predicted molar refractivity (Wildman–Crippen MR) is 198 cm³/mol. The van der Waals surface area contributed by atoms with E-state index in [9.17, 15) is 18.6 Å². The zero-order valence-electron chi connectivity index (χ0n) is 22.8. The van der Waals surface area contributed by atoms with E-state index in [-0.39, 0.29) is 43.5 Å². The van der Waals surface area contributed by atoms with E-state index < -0.39 is 10.8 Å². The Morgan fingerprint density at radius 3 is 1.61 bits per heavy atom. The van der Waals surface area contributed by atoms with Gasteiger partial charge in [0, 0.05) is 84.0 Å². The summed E-state index contributed by atoms with van der Waals surface area (Å²) in [6.07, 6.45) is 0.941. The highest BCUT2D eigenvalue weighted by atomic mass is 32.3. The number of aliphatic hydroxyl groups is 2. The first-order valence-electron chi connectivity index (χ1n) is 12.2. The third-order valence-corrected chi connectivity index (χ3v) is 18.0. The van der Waals surface area contributed by atoms with Crippen molar-refractivity contribution in [1.29, 1.82) is 0 Å². The van der Waals surface area contributed by atoms with Crippen molar-refractivity contribution in [3.05, 3.63) is 0 Å². The molecule has 0 amide bonds. The number of hydrogen-bond acceptors (Lipinski definition) is 18. The Labute approximate surface area is 289 Å². The fraction of sp³-hybridized carbons (Fsp3) is 0.864. The minimum absolute atomic E-state index is 0.0208. The molecule has 242 valence electrons. The van der Waals surface area contributed by atoms with Crippen LogP contribution in [0.3, 0.4) is 0 Å². The van der Waals surface area contributed by atoms with Crippen molar-refractivity contribution in [2.45, 2.75) is 12.8 Å². The average molecular weight is 785 g/mol. The minimum Gasteiger partial charge on any atom is -0.465 e. The maximum Gasteiger partial charge on any atom is 0.315 e. The standard InChI is InChI=1S/C22H40O8S11/c23-3-1-5-29-20(25)9-32-13-35-12-31-7-8-41(28)19-39-17-37-16-38-18-40-22(27)11-34-15-36-14-33-10-21(26)30-6-2-4-24/h23-24H,1-19H2. The molecule has 0 aromatic heterocycles. The molecule has 19 heteroatoms. The third kappa shape index (κ3) is 34.9. The molecule has 0 fully saturated rings. The molecular weight excluding hydrogens is 745 g/mol. The van der Waals surface area contributed by atoms with Gasteiger partial charge in [0.15, 0.2) is 5.12 Å². The normalized spacial score (nSPS) is 11.9. The van der Waals surface area contributed by atoms with Gasteiger partial charge in [-0.15, -0.1) is 94.1 Å². The zero-order chi connectivity index (χ0) is 30.2. The van der Waals surface area contributed by atoms with Gasteiger partial charge in [-0.1, -0.05) is 11.8 Å². The smallest absolute Gasteiger partial charge is 0.315 e. The van der Waals surface area contributed by atoms with E-state index in [2.05, 4.69) is 0 Å². The van der Waals surface area contributed by atoms with Crippen LogP contribution >= 0.6 is 118 Å². The first kappa shape index (κ1) is 43.2. The summed E-state index contributed by atoms with van der Waals surface area (Å²) in [5.74, 6) is 2.17. The van der Waals surface area contributed by atoms with Crippen LogP contribution in [0.1, 0.15) is 12.8 Å². The van der Waals surface area contributed by atoms with Crippen molar-refractivity contribution in [1.82, 2.24) is 0 Å². The SMILES string of the molecule is O=C(CSCSCSCCS(=O)CSCSCSCSC(=O)CSCSCSCC(=O)OCCCO)OCCCO. The molecule has 0 bridgehead atoms. The van der Waals surface area contributed by atoms with Gasteiger partial charge in [-0.3, -0.25) is 18.6 Å². The maximum absolute atomic E-state index is 12.1. The van der Waals surface area contributed by atoms with Crippen LogP contribution in [0.5, 0.6) is 0 Å². The number of hydrogen-bond donors (Lipinski definition) is 2. The molecule has 0 rings (SSSR count). The largest absolute Gasteiger partial charge is 0.465 e. The predicted octanol–water partition coefficient (Wildman–Crippen LogP) is 5.10. The lowest BCUT2D eigenvalue weighted by Gasteiger charge is -2.05. The van der Waals surface area contributed by atoms with Crippen LogP contribution in [-0.2, 0) is 34.7 Å². The van der Waals surface area contributed by atoms with Crippen LogP contribution in [0.2, 0.25) is 0 Å². The molecule has 0 saturated carbocycles. The molecule has 0 radical (unpaired) electrons. The monoisotopic (exact) mass is 784 g/mol. The molecule has 0 saturated heterocycles. The molecule has 8 nitrogen and oxygen atoms in total. The molecule has 0 heterocycles. The van der Waals surface area contributed by atoms with Gasteiger partial charge < -0.3 is 19.7 Å². The highest BCUT2D eigenvalue weighted by Crippen LogP contribution is 2.24. The number of esters is 2. The van der Waals surface area contributed by atoms with E-state index in [1.54, 1.807) is 82.3 Å². The third-order valence-electron chi connectivity index (χ3n) is 3.76. The fourth-order valence-corrected chi connectivity index (χ4v) is 15.3. The summed E-state index contributed by atoms with van der Waals surface area (Å²) in [7, 11) is -0.819. The number of aliphatic hydroxyl groups excluding tert-OH is 2. The average Bonchev–Trinajstić information content (AvgIpc) is 2.95. The van der Waals surface area contributed by atoms with Crippen LogP contribution in [0, 0.1) is 0 Å². The number of thioether (sulfide) groups is 10. The Morgan fingerprint density at radius 1 is 0.585 bits per heavy atom. The summed E-state index contributed by atoms with van der Waals surface area (Å²) in [6.45, 7) is 0.580. The van der Waals surface area contributed by atoms with Crippen molar-refractivity contribution in [2.24, 2.45) is 0 Å². The van der Waals surface area contributed by atoms with Gasteiger partial charge in [0.1, 0.15) is 0 Å². The van der Waals surface area contributed by atoms with Gasteiger partial charge in [0.25, 0.3) is 0 Å². The van der Waals surface area contributed by atoms with Gasteiger partial charge >= 0.3 is 11.9 Å². The zero-order valence-corrected chi connectivity index (χ0v) is 31.8. The lowest BCUT2D eigenvalue weighted by molar-refractivity contribution is -0.141. The van der Waals surface area contributed by atoms with E-state index in [0.717, 1.165) is 41.3 Å². The highest BCUT2D eigenvalue weighted by Gasteiger charge is 2.06. The fourth-order valence-electron chi connectivity index (χ4n) is 1.99. The quantitative estimate of drug-likeness (QED) is 0.0549. The Hall–Kier alpha value is 2.18. The van der Waals surface area contributed by atoms with Gasteiger partial charge in [0.2, 0.25) is 0 Å². The van der Waals surface area contributed by atoms with Crippen LogP contribution in [0.4, 0.5) is 0 Å². The topological polar surface area (TPSA) is 127 Å². The molecule has 1 unspecified atom stereocenters. The minimum atomic E-state index is -0.819. The Kier molecular flexibility index (Phi) is 36.9. The number of ether oxygens (including phenoxy) is 2. The maximum atomic E-state index is 12.1. The molecule has 0 aliphatic rings. The summed E-state index contributed by atoms with van der Waals surface area (Å²) >= 11 is 16.4. The summed E-state index contributed by atoms with van der Waals surface area (Å²) in [4.78, 5) is 34.8. The second-order valence-electron chi connectivity index (χ2n) is 7.17. The Morgan fingerprint density at radius 2 is 1.05 bits per heavy atom. The second kappa shape index (κ2) is 35.0. The molecule has 0 aliphatic carbocycles. The van der Waals surface area contributed by atoms with Crippen molar-refractivity contribution in [3.63, 3.8) is 0 Å². The van der Waals surface area contributed by atoms with E-state index in [1.165, 1.54) is 35.3 Å². The summed E-state index contributed by atoms with van der Waals surface area (Å²) in [5, 5.41) is 24.0. The van der Waals surface area contributed by atoms with E-state index in [1.807, 2.05) is 0 Å². The summed E-state index contributed by atoms with van der Waals surface area (Å²) in [5.41, 5.74) is 0. The van der Waals surface area contributed by atoms with Crippen LogP contribution in [0.25, 0.3) is 0 Å². The highest BCUT2D eigenvalue weighted by molar-refractivity contribution is 8.30. The van der Waals surface area contributed by atoms with Crippen molar-refractivity contribution >= 4 is 145 Å². The van der Waals surface area contributed by atoms with Crippen molar-refractivity contribution in [2.75, 3.05) is 95.9 Å². The molecule has 2 N–H and O–H groups in total. The van der Waals surface area contributed by atoms with E-state index in [4.69, 9.17) is 19.7 Å². The van der Waals surface area contributed by atoms with Crippen LogP contribution in [-0.4, -0.2) is 127 Å². The summed E-state index contributed by atoms with van der Waals surface area (Å²) < 4.78 is 22.0. The van der Waals surface area contributed by atoms with Gasteiger partial charge in [-0.25, -0.2) is 0 Å². The molecule has 0 aromatic carbocycles. The molecule has 0 aliphatic heterocycles. The lowest BCUT2D eigenvalue weighted by Crippen LogP contribution is -2.09. The van der Waals surface area contributed by atoms with Crippen molar-refractivity contribution < 1.29 is 38.3 Å². The number of carbonyl (C=O) groups excluding carboxylic acids is 3. The number of rotatable bonds is 31. The first-order chi connectivity index (χ1) is 20.0. The molecule has 0 spiro atoms. The molecule has 0 aromatic rings. The van der Waals surface area contributed by atoms with Crippen LogP contribution in [0.15, 0.2) is 0 Å². The van der Waals surface area contributed by atoms with Gasteiger partial charge in [-0.2, -0.15) is 11.8 Å². The van der Waals surface area contributed by atoms with Gasteiger partial charge in [0.05, 0.1) is 35.6 Å².